The molecular formula is C25H28F3N3O3. The third-order valence-corrected chi connectivity index (χ3v) is 5.99. The van der Waals surface area contributed by atoms with Crippen LogP contribution in [0.2, 0.25) is 0 Å². The van der Waals surface area contributed by atoms with Crippen LogP contribution in [-0.2, 0) is 15.8 Å². The van der Waals surface area contributed by atoms with Gasteiger partial charge in [0.2, 0.25) is 11.8 Å². The van der Waals surface area contributed by atoms with Crippen molar-refractivity contribution in [2.24, 2.45) is 0 Å². The maximum atomic E-state index is 13.1. The first-order valence-corrected chi connectivity index (χ1v) is 11.1. The number of nitrogens with one attached hydrogen (secondary N) is 1. The van der Waals surface area contributed by atoms with Crippen molar-refractivity contribution in [3.8, 4) is 0 Å². The Balaban J connectivity index is 1.44. The van der Waals surface area contributed by atoms with Gasteiger partial charge in [0, 0.05) is 44.6 Å². The van der Waals surface area contributed by atoms with E-state index in [0.717, 1.165) is 17.2 Å². The molecule has 1 N–H and O–H groups in total. The number of para-hydroxylation sites is 1. The smallest absolute Gasteiger partial charge is 0.340 e. The van der Waals surface area contributed by atoms with E-state index in [0.29, 0.717) is 31.7 Å². The molecule has 0 bridgehead atoms. The van der Waals surface area contributed by atoms with Crippen LogP contribution in [0, 0.1) is 13.8 Å². The van der Waals surface area contributed by atoms with Crippen LogP contribution in [-0.4, -0.2) is 60.1 Å². The first-order valence-electron chi connectivity index (χ1n) is 11.1. The second kappa shape index (κ2) is 10.8. The minimum Gasteiger partial charge on any atom is -0.340 e. The first kappa shape index (κ1) is 25.4. The lowest BCUT2D eigenvalue weighted by Gasteiger charge is -2.34. The predicted molar refractivity (Wildman–Crippen MR) is 123 cm³/mol. The van der Waals surface area contributed by atoms with Crippen molar-refractivity contribution >= 4 is 23.3 Å². The molecule has 1 heterocycles. The Morgan fingerprint density at radius 1 is 0.912 bits per heavy atom. The van der Waals surface area contributed by atoms with E-state index in [1.165, 1.54) is 18.2 Å². The summed E-state index contributed by atoms with van der Waals surface area (Å²) >= 11 is 0. The van der Waals surface area contributed by atoms with Crippen molar-refractivity contribution < 1.29 is 27.6 Å². The Morgan fingerprint density at radius 2 is 1.59 bits per heavy atom. The summed E-state index contributed by atoms with van der Waals surface area (Å²) in [6.07, 6.45) is -4.32. The number of carbonyl (C=O) groups is 3. The van der Waals surface area contributed by atoms with Crippen LogP contribution in [0.4, 0.5) is 18.9 Å². The van der Waals surface area contributed by atoms with Crippen LogP contribution >= 0.6 is 0 Å². The number of ketones is 1. The van der Waals surface area contributed by atoms with Crippen LogP contribution in [0.25, 0.3) is 0 Å². The fourth-order valence-corrected chi connectivity index (χ4v) is 3.83. The maximum Gasteiger partial charge on any atom is 0.418 e. The number of benzene rings is 2. The molecule has 182 valence electrons. The fraction of sp³-hybridized carbons (Fsp3) is 0.400. The molecule has 0 unspecified atom stereocenters. The summed E-state index contributed by atoms with van der Waals surface area (Å²) in [4.78, 5) is 40.7. The number of halogens is 3. The standard InChI is InChI=1S/C25H28F3N3O3/c1-17-7-8-19(15-18(17)2)22(32)9-10-24(34)31-13-11-30(12-14-31)16-23(33)29-21-6-4-3-5-20(21)25(26,27)28/h3-8,15H,9-14,16H2,1-2H3,(H,29,33). The van der Waals surface area contributed by atoms with Crippen molar-refractivity contribution in [2.45, 2.75) is 32.9 Å². The van der Waals surface area contributed by atoms with E-state index in [4.69, 9.17) is 0 Å². The van der Waals surface area contributed by atoms with E-state index in [9.17, 15) is 27.6 Å². The van der Waals surface area contributed by atoms with Gasteiger partial charge in [-0.3, -0.25) is 19.3 Å². The Labute approximate surface area is 196 Å². The quantitative estimate of drug-likeness (QED) is 0.613. The van der Waals surface area contributed by atoms with Crippen LogP contribution < -0.4 is 5.32 Å². The number of alkyl halides is 3. The van der Waals surface area contributed by atoms with Gasteiger partial charge in [-0.05, 0) is 43.2 Å². The molecule has 0 saturated carbocycles. The Bertz CT molecular complexity index is 1060. The van der Waals surface area contributed by atoms with E-state index in [1.54, 1.807) is 15.9 Å². The van der Waals surface area contributed by atoms with E-state index < -0.39 is 17.6 Å². The predicted octanol–water partition coefficient (Wildman–Crippen LogP) is 4.07. The molecule has 9 heteroatoms. The summed E-state index contributed by atoms with van der Waals surface area (Å²) in [6, 6.07) is 10.3. The average Bonchev–Trinajstić information content (AvgIpc) is 2.79. The highest BCUT2D eigenvalue weighted by atomic mass is 19.4. The normalized spacial score (nSPS) is 14.7. The molecule has 0 atom stereocenters. The molecule has 0 aromatic heterocycles. The molecule has 2 amide bonds. The molecule has 0 radical (unpaired) electrons. The van der Waals surface area contributed by atoms with E-state index in [-0.39, 0.29) is 36.8 Å². The highest BCUT2D eigenvalue weighted by Crippen LogP contribution is 2.34. The van der Waals surface area contributed by atoms with Gasteiger partial charge < -0.3 is 10.2 Å². The number of piperazine rings is 1. The largest absolute Gasteiger partial charge is 0.418 e. The fourth-order valence-electron chi connectivity index (χ4n) is 3.83. The van der Waals surface area contributed by atoms with Crippen molar-refractivity contribution in [2.75, 3.05) is 38.0 Å². The number of Topliss-reactive ketones (excluding diaryl/α,β-unsaturated/α-hetero) is 1. The number of rotatable bonds is 7. The summed E-state index contributed by atoms with van der Waals surface area (Å²) in [6.45, 7) is 5.46. The third kappa shape index (κ3) is 6.66. The topological polar surface area (TPSA) is 69.7 Å². The number of nitrogens with zero attached hydrogens (tertiary/aromatic N) is 2. The molecular weight excluding hydrogens is 447 g/mol. The van der Waals surface area contributed by atoms with Gasteiger partial charge in [0.1, 0.15) is 0 Å². The van der Waals surface area contributed by atoms with Crippen LogP contribution in [0.3, 0.4) is 0 Å². The molecule has 2 aromatic rings. The van der Waals surface area contributed by atoms with Crippen molar-refractivity contribution in [1.82, 2.24) is 9.80 Å². The van der Waals surface area contributed by atoms with E-state index >= 15 is 0 Å². The molecule has 0 aliphatic carbocycles. The molecule has 1 aliphatic rings. The van der Waals surface area contributed by atoms with Crippen LogP contribution in [0.1, 0.15) is 39.9 Å². The van der Waals surface area contributed by atoms with Gasteiger partial charge in [-0.25, -0.2) is 0 Å². The van der Waals surface area contributed by atoms with Gasteiger partial charge in [0.15, 0.2) is 5.78 Å². The molecule has 1 fully saturated rings. The lowest BCUT2D eigenvalue weighted by atomic mass is 10.0. The Kier molecular flexibility index (Phi) is 8.09. The zero-order valence-corrected chi connectivity index (χ0v) is 19.2. The van der Waals surface area contributed by atoms with Gasteiger partial charge in [0.05, 0.1) is 17.8 Å². The zero-order valence-electron chi connectivity index (χ0n) is 19.2. The summed E-state index contributed by atoms with van der Waals surface area (Å²) in [7, 11) is 0. The van der Waals surface area contributed by atoms with Gasteiger partial charge in [-0.2, -0.15) is 13.2 Å². The summed E-state index contributed by atoms with van der Waals surface area (Å²) in [5.74, 6) is -0.748. The molecule has 2 aromatic carbocycles. The monoisotopic (exact) mass is 475 g/mol. The third-order valence-electron chi connectivity index (χ3n) is 5.99. The SMILES string of the molecule is Cc1ccc(C(=O)CCC(=O)N2CCN(CC(=O)Nc3ccccc3C(F)(F)F)CC2)cc1C. The number of hydrogen-bond acceptors (Lipinski definition) is 4. The molecule has 6 nitrogen and oxygen atoms in total. The Hall–Kier alpha value is -3.20. The Morgan fingerprint density at radius 3 is 2.24 bits per heavy atom. The molecule has 34 heavy (non-hydrogen) atoms. The number of aryl methyl sites for hydroxylation is 2. The first-order chi connectivity index (χ1) is 16.0. The maximum absolute atomic E-state index is 13.1. The van der Waals surface area contributed by atoms with Gasteiger partial charge in [-0.1, -0.05) is 24.3 Å². The zero-order chi connectivity index (χ0) is 24.9. The average molecular weight is 476 g/mol. The van der Waals surface area contributed by atoms with E-state index in [2.05, 4.69) is 5.32 Å². The highest BCUT2D eigenvalue weighted by molar-refractivity contribution is 5.98. The van der Waals surface area contributed by atoms with Crippen LogP contribution in [0.5, 0.6) is 0 Å². The van der Waals surface area contributed by atoms with Gasteiger partial charge in [0.25, 0.3) is 0 Å². The summed E-state index contributed by atoms with van der Waals surface area (Å²) < 4.78 is 39.3. The number of carbonyl (C=O) groups excluding carboxylic acids is 3. The summed E-state index contributed by atoms with van der Waals surface area (Å²) in [5.41, 5.74) is 1.55. The van der Waals surface area contributed by atoms with E-state index in [1.807, 2.05) is 26.0 Å². The lowest BCUT2D eigenvalue weighted by Crippen LogP contribution is -2.50. The van der Waals surface area contributed by atoms with Crippen LogP contribution in [0.15, 0.2) is 42.5 Å². The number of amides is 2. The highest BCUT2D eigenvalue weighted by Gasteiger charge is 2.33. The minimum atomic E-state index is -4.56. The summed E-state index contributed by atoms with van der Waals surface area (Å²) in [5, 5.41) is 2.34. The van der Waals surface area contributed by atoms with Crippen molar-refractivity contribution in [1.29, 1.82) is 0 Å². The molecule has 3 rings (SSSR count). The molecule has 0 spiro atoms. The minimum absolute atomic E-state index is 0.0700. The number of hydrogen-bond donors (Lipinski definition) is 1. The van der Waals surface area contributed by atoms with Gasteiger partial charge >= 0.3 is 6.18 Å². The second-order valence-electron chi connectivity index (χ2n) is 8.47. The lowest BCUT2D eigenvalue weighted by molar-refractivity contribution is -0.137. The van der Waals surface area contributed by atoms with Crippen molar-refractivity contribution in [3.63, 3.8) is 0 Å². The van der Waals surface area contributed by atoms with Crippen molar-refractivity contribution in [3.05, 3.63) is 64.7 Å². The number of anilines is 1. The molecule has 1 saturated heterocycles. The molecule has 1 aliphatic heterocycles. The second-order valence-corrected chi connectivity index (χ2v) is 8.47. The van der Waals surface area contributed by atoms with Gasteiger partial charge in [-0.15, -0.1) is 0 Å².